The predicted octanol–water partition coefficient (Wildman–Crippen LogP) is 2.64. The summed E-state index contributed by atoms with van der Waals surface area (Å²) in [5, 5.41) is 12.5. The molecule has 3 heteroatoms. The first-order valence-electron chi connectivity index (χ1n) is 7.30. The maximum atomic E-state index is 12.3. The minimum atomic E-state index is -0.323. The van der Waals surface area contributed by atoms with Gasteiger partial charge < -0.3 is 10.4 Å². The fourth-order valence-corrected chi connectivity index (χ4v) is 2.75. The second-order valence-corrected chi connectivity index (χ2v) is 5.51. The van der Waals surface area contributed by atoms with Crippen molar-refractivity contribution in [2.45, 2.75) is 18.4 Å². The predicted molar refractivity (Wildman–Crippen MR) is 81.7 cm³/mol. The van der Waals surface area contributed by atoms with E-state index in [9.17, 15) is 9.90 Å². The van der Waals surface area contributed by atoms with E-state index in [4.69, 9.17) is 0 Å². The highest BCUT2D eigenvalue weighted by Gasteiger charge is 2.44. The van der Waals surface area contributed by atoms with Crippen molar-refractivity contribution in [1.29, 1.82) is 0 Å². The fourth-order valence-electron chi connectivity index (χ4n) is 2.75. The average Bonchev–Trinajstić information content (AvgIpc) is 3.35. The molecule has 0 spiro atoms. The van der Waals surface area contributed by atoms with Gasteiger partial charge in [-0.05, 0) is 23.5 Å². The van der Waals surface area contributed by atoms with Crippen LogP contribution in [0.1, 0.15) is 29.5 Å². The molecule has 0 unspecified atom stereocenters. The molecule has 1 amide bonds. The van der Waals surface area contributed by atoms with Crippen LogP contribution in [0.2, 0.25) is 0 Å². The molecule has 0 aromatic heterocycles. The molecule has 0 saturated heterocycles. The van der Waals surface area contributed by atoms with Crippen LogP contribution < -0.4 is 5.32 Å². The second kappa shape index (κ2) is 6.10. The molecule has 0 aliphatic heterocycles. The Balaban J connectivity index is 1.62. The zero-order valence-electron chi connectivity index (χ0n) is 11.8. The Morgan fingerprint density at radius 1 is 1.10 bits per heavy atom. The van der Waals surface area contributed by atoms with Crippen molar-refractivity contribution < 1.29 is 9.90 Å². The summed E-state index contributed by atoms with van der Waals surface area (Å²) in [6.45, 7) is -0.0848. The molecule has 3 atom stereocenters. The summed E-state index contributed by atoms with van der Waals surface area (Å²) in [6, 6.07) is 19.4. The molecule has 1 fully saturated rings. The summed E-state index contributed by atoms with van der Waals surface area (Å²) in [5.74, 6) is 0.387. The average molecular weight is 281 g/mol. The summed E-state index contributed by atoms with van der Waals surface area (Å²) >= 11 is 0. The van der Waals surface area contributed by atoms with Gasteiger partial charge in [0.15, 0.2) is 0 Å². The Morgan fingerprint density at radius 3 is 2.33 bits per heavy atom. The van der Waals surface area contributed by atoms with Crippen LogP contribution >= 0.6 is 0 Å². The number of hydrogen-bond acceptors (Lipinski definition) is 2. The molecule has 0 heterocycles. The van der Waals surface area contributed by atoms with Gasteiger partial charge in [-0.1, -0.05) is 60.7 Å². The van der Waals surface area contributed by atoms with Gasteiger partial charge >= 0.3 is 0 Å². The molecule has 2 aromatic rings. The molecule has 21 heavy (non-hydrogen) atoms. The number of nitrogens with one attached hydrogen (secondary N) is 1. The van der Waals surface area contributed by atoms with Crippen molar-refractivity contribution >= 4 is 5.91 Å². The highest BCUT2D eigenvalue weighted by atomic mass is 16.3. The highest BCUT2D eigenvalue weighted by Crippen LogP contribution is 2.47. The summed E-state index contributed by atoms with van der Waals surface area (Å²) in [7, 11) is 0. The minimum absolute atomic E-state index is 0.0326. The molecule has 2 N–H and O–H groups in total. The smallest absolute Gasteiger partial charge is 0.224 e. The molecule has 1 aliphatic rings. The van der Waals surface area contributed by atoms with Crippen LogP contribution in [0.5, 0.6) is 0 Å². The van der Waals surface area contributed by atoms with Gasteiger partial charge in [-0.15, -0.1) is 0 Å². The molecule has 2 aromatic carbocycles. The first-order chi connectivity index (χ1) is 10.3. The lowest BCUT2D eigenvalue weighted by atomic mass is 10.1. The van der Waals surface area contributed by atoms with E-state index in [1.54, 1.807) is 0 Å². The number of aliphatic hydroxyl groups is 1. The Hall–Kier alpha value is -2.13. The van der Waals surface area contributed by atoms with E-state index in [-0.39, 0.29) is 24.5 Å². The van der Waals surface area contributed by atoms with Crippen molar-refractivity contribution in [3.8, 4) is 0 Å². The number of amides is 1. The maximum Gasteiger partial charge on any atom is 0.224 e. The molecule has 3 nitrogen and oxygen atoms in total. The van der Waals surface area contributed by atoms with Crippen LogP contribution in [0.4, 0.5) is 0 Å². The quantitative estimate of drug-likeness (QED) is 0.885. The Morgan fingerprint density at radius 2 is 1.71 bits per heavy atom. The van der Waals surface area contributed by atoms with E-state index < -0.39 is 0 Å². The maximum absolute atomic E-state index is 12.3. The number of aliphatic hydroxyl groups excluding tert-OH is 1. The van der Waals surface area contributed by atoms with E-state index in [2.05, 4.69) is 17.4 Å². The number of carbonyl (C=O) groups is 1. The third-order valence-corrected chi connectivity index (χ3v) is 4.06. The van der Waals surface area contributed by atoms with E-state index in [0.717, 1.165) is 12.0 Å². The van der Waals surface area contributed by atoms with Crippen LogP contribution in [0.3, 0.4) is 0 Å². The highest BCUT2D eigenvalue weighted by molar-refractivity contribution is 5.83. The standard InChI is InChI=1S/C18H19NO2/c20-12-17(14-9-5-2-6-10-14)19-18(21)16-11-15(16)13-7-3-1-4-8-13/h1-10,15-17,20H,11-12H2,(H,19,21)/t15-,16+,17-/m1/s1. The van der Waals surface area contributed by atoms with Crippen molar-refractivity contribution in [3.63, 3.8) is 0 Å². The first kappa shape index (κ1) is 13.8. The van der Waals surface area contributed by atoms with Crippen molar-refractivity contribution in [1.82, 2.24) is 5.32 Å². The van der Waals surface area contributed by atoms with Gasteiger partial charge in [0.25, 0.3) is 0 Å². The van der Waals surface area contributed by atoms with Gasteiger partial charge in [-0.2, -0.15) is 0 Å². The van der Waals surface area contributed by atoms with Gasteiger partial charge in [-0.3, -0.25) is 4.79 Å². The fraction of sp³-hybridized carbons (Fsp3) is 0.278. The van der Waals surface area contributed by atoms with Crippen molar-refractivity contribution in [2.24, 2.45) is 5.92 Å². The summed E-state index contributed by atoms with van der Waals surface area (Å²) in [5.41, 5.74) is 2.16. The SMILES string of the molecule is O=C(N[C@H](CO)c1ccccc1)[C@H]1C[C@@H]1c1ccccc1. The zero-order chi connectivity index (χ0) is 14.7. The molecule has 3 rings (SSSR count). The molecule has 1 saturated carbocycles. The molecule has 0 radical (unpaired) electrons. The van der Waals surface area contributed by atoms with Crippen LogP contribution in [-0.4, -0.2) is 17.6 Å². The van der Waals surface area contributed by atoms with Crippen molar-refractivity contribution in [2.75, 3.05) is 6.61 Å². The van der Waals surface area contributed by atoms with Gasteiger partial charge in [0.2, 0.25) is 5.91 Å². The molecular weight excluding hydrogens is 262 g/mol. The third-order valence-electron chi connectivity index (χ3n) is 4.06. The third kappa shape index (κ3) is 3.14. The second-order valence-electron chi connectivity index (χ2n) is 5.51. The van der Waals surface area contributed by atoms with Crippen molar-refractivity contribution in [3.05, 3.63) is 71.8 Å². The van der Waals surface area contributed by atoms with Gasteiger partial charge in [0, 0.05) is 5.92 Å². The first-order valence-corrected chi connectivity index (χ1v) is 7.30. The Labute approximate surface area is 124 Å². The summed E-state index contributed by atoms with van der Waals surface area (Å²) in [4.78, 5) is 12.3. The van der Waals surface area contributed by atoms with Gasteiger partial charge in [0.1, 0.15) is 0 Å². The molecule has 108 valence electrons. The summed E-state index contributed by atoms with van der Waals surface area (Å²) < 4.78 is 0. The van der Waals surface area contributed by atoms with Crippen LogP contribution in [-0.2, 0) is 4.79 Å². The van der Waals surface area contributed by atoms with E-state index in [0.29, 0.717) is 5.92 Å². The monoisotopic (exact) mass is 281 g/mol. The molecule has 1 aliphatic carbocycles. The molecular formula is C18H19NO2. The Kier molecular flexibility index (Phi) is 4.02. The molecule has 0 bridgehead atoms. The largest absolute Gasteiger partial charge is 0.394 e. The number of carbonyl (C=O) groups excluding carboxylic acids is 1. The van der Waals surface area contributed by atoms with E-state index in [1.807, 2.05) is 48.5 Å². The summed E-state index contributed by atoms with van der Waals surface area (Å²) in [6.07, 6.45) is 0.892. The zero-order valence-corrected chi connectivity index (χ0v) is 11.8. The topological polar surface area (TPSA) is 49.3 Å². The van der Waals surface area contributed by atoms with Crippen LogP contribution in [0.15, 0.2) is 60.7 Å². The van der Waals surface area contributed by atoms with Crippen LogP contribution in [0, 0.1) is 5.92 Å². The normalized spacial score (nSPS) is 21.6. The lowest BCUT2D eigenvalue weighted by Crippen LogP contribution is -2.32. The lowest BCUT2D eigenvalue weighted by molar-refractivity contribution is -0.123. The Bertz CT molecular complexity index is 597. The van der Waals surface area contributed by atoms with Gasteiger partial charge in [0.05, 0.1) is 12.6 Å². The van der Waals surface area contributed by atoms with Crippen LogP contribution in [0.25, 0.3) is 0 Å². The van der Waals surface area contributed by atoms with E-state index >= 15 is 0 Å². The van der Waals surface area contributed by atoms with E-state index in [1.165, 1.54) is 5.56 Å². The van der Waals surface area contributed by atoms with Gasteiger partial charge in [-0.25, -0.2) is 0 Å². The lowest BCUT2D eigenvalue weighted by Gasteiger charge is -2.16. The number of rotatable bonds is 5. The minimum Gasteiger partial charge on any atom is -0.394 e. The number of hydrogen-bond donors (Lipinski definition) is 2. The number of benzene rings is 2.